The number of rotatable bonds is 5. The van der Waals surface area contributed by atoms with Crippen molar-refractivity contribution < 1.29 is 9.90 Å². The Balaban J connectivity index is 1.42. The molecule has 1 amide bonds. The van der Waals surface area contributed by atoms with Gasteiger partial charge in [0.2, 0.25) is 5.91 Å². The first-order chi connectivity index (χ1) is 13.2. The highest BCUT2D eigenvalue weighted by Gasteiger charge is 2.24. The maximum absolute atomic E-state index is 12.5. The first kappa shape index (κ1) is 17.4. The highest BCUT2D eigenvalue weighted by molar-refractivity contribution is 5.78. The molecule has 0 spiro atoms. The van der Waals surface area contributed by atoms with Crippen LogP contribution in [0.4, 0.5) is 0 Å². The fourth-order valence-corrected chi connectivity index (χ4v) is 3.29. The molecule has 0 radical (unpaired) electrons. The van der Waals surface area contributed by atoms with E-state index in [1.807, 2.05) is 41.1 Å². The topological polar surface area (TPSA) is 84.1 Å². The van der Waals surface area contributed by atoms with Crippen molar-refractivity contribution in [2.45, 2.75) is 32.0 Å². The highest BCUT2D eigenvalue weighted by Crippen LogP contribution is 2.21. The summed E-state index contributed by atoms with van der Waals surface area (Å²) in [6.07, 6.45) is 4.90. The van der Waals surface area contributed by atoms with E-state index in [1.165, 1.54) is 0 Å². The van der Waals surface area contributed by atoms with Gasteiger partial charge in [-0.25, -0.2) is 0 Å². The van der Waals surface area contributed by atoms with Gasteiger partial charge in [-0.2, -0.15) is 5.10 Å². The first-order valence-electron chi connectivity index (χ1n) is 9.00. The van der Waals surface area contributed by atoms with E-state index in [4.69, 9.17) is 0 Å². The van der Waals surface area contributed by atoms with Gasteiger partial charge >= 0.3 is 0 Å². The molecule has 0 unspecified atom stereocenters. The molecule has 1 aliphatic heterocycles. The van der Waals surface area contributed by atoms with E-state index >= 15 is 0 Å². The summed E-state index contributed by atoms with van der Waals surface area (Å²) >= 11 is 0. The van der Waals surface area contributed by atoms with Gasteiger partial charge in [-0.3, -0.25) is 19.4 Å². The number of benzene rings is 1. The van der Waals surface area contributed by atoms with Gasteiger partial charge in [0.05, 0.1) is 36.6 Å². The van der Waals surface area contributed by atoms with Crippen molar-refractivity contribution in [2.24, 2.45) is 0 Å². The molecular formula is C20H21N5O2. The summed E-state index contributed by atoms with van der Waals surface area (Å²) in [4.78, 5) is 22.5. The molecule has 1 N–H and O–H groups in total. The van der Waals surface area contributed by atoms with E-state index < -0.39 is 6.10 Å². The fraction of sp³-hybridized carbons (Fsp3) is 0.300. The van der Waals surface area contributed by atoms with Gasteiger partial charge in [-0.05, 0) is 11.6 Å². The van der Waals surface area contributed by atoms with Gasteiger partial charge in [0.15, 0.2) is 0 Å². The van der Waals surface area contributed by atoms with Crippen molar-refractivity contribution in [1.82, 2.24) is 24.6 Å². The number of carbonyl (C=O) groups is 1. The Morgan fingerprint density at radius 1 is 1.19 bits per heavy atom. The van der Waals surface area contributed by atoms with Gasteiger partial charge in [-0.15, -0.1) is 0 Å². The van der Waals surface area contributed by atoms with Crippen LogP contribution in [0.1, 0.15) is 28.7 Å². The standard InChI is InChI=1S/C20H21N5O2/c26-19(10-15-4-2-1-3-5-15)18-12-17-14-24(8-9-25(17)23-18)20(27)11-16-13-21-6-7-22-16/h1-7,12-13,19,26H,8-11,14H2/t19-/m1/s1. The quantitative estimate of drug-likeness (QED) is 0.743. The number of nitrogens with zero attached hydrogens (tertiary/aromatic N) is 5. The maximum Gasteiger partial charge on any atom is 0.229 e. The molecule has 2 aromatic heterocycles. The zero-order chi connectivity index (χ0) is 18.6. The van der Waals surface area contributed by atoms with Crippen LogP contribution in [-0.4, -0.2) is 42.2 Å². The van der Waals surface area contributed by atoms with Crippen LogP contribution in [0.3, 0.4) is 0 Å². The van der Waals surface area contributed by atoms with Crippen molar-refractivity contribution in [1.29, 1.82) is 0 Å². The van der Waals surface area contributed by atoms with E-state index in [0.29, 0.717) is 37.4 Å². The van der Waals surface area contributed by atoms with Gasteiger partial charge in [0, 0.05) is 31.6 Å². The lowest BCUT2D eigenvalue weighted by Crippen LogP contribution is -2.39. The van der Waals surface area contributed by atoms with E-state index in [-0.39, 0.29) is 12.3 Å². The Bertz CT molecular complexity index is 911. The summed E-state index contributed by atoms with van der Waals surface area (Å²) in [6.45, 7) is 1.71. The van der Waals surface area contributed by atoms with E-state index in [1.54, 1.807) is 23.5 Å². The molecule has 1 aliphatic rings. The van der Waals surface area contributed by atoms with Gasteiger partial charge in [0.1, 0.15) is 6.10 Å². The van der Waals surface area contributed by atoms with Crippen molar-refractivity contribution in [2.75, 3.05) is 6.54 Å². The minimum Gasteiger partial charge on any atom is -0.386 e. The Labute approximate surface area is 157 Å². The van der Waals surface area contributed by atoms with E-state index in [2.05, 4.69) is 15.1 Å². The zero-order valence-corrected chi connectivity index (χ0v) is 14.9. The molecule has 7 heteroatoms. The average molecular weight is 363 g/mol. The molecule has 0 fully saturated rings. The SMILES string of the molecule is O=C(Cc1cnccn1)N1CCn2nc([C@H](O)Cc3ccccc3)cc2C1. The number of fused-ring (bicyclic) bond motifs is 1. The molecule has 3 heterocycles. The normalized spacial score (nSPS) is 14.6. The van der Waals surface area contributed by atoms with Crippen LogP contribution in [0, 0.1) is 0 Å². The molecule has 27 heavy (non-hydrogen) atoms. The zero-order valence-electron chi connectivity index (χ0n) is 14.9. The molecule has 138 valence electrons. The lowest BCUT2D eigenvalue weighted by atomic mass is 10.1. The third kappa shape index (κ3) is 4.03. The first-order valence-corrected chi connectivity index (χ1v) is 9.00. The molecule has 0 saturated carbocycles. The molecule has 3 aromatic rings. The van der Waals surface area contributed by atoms with E-state index in [9.17, 15) is 9.90 Å². The Hall–Kier alpha value is -3.06. The average Bonchev–Trinajstić information content (AvgIpc) is 3.13. The van der Waals surface area contributed by atoms with Crippen LogP contribution in [0.15, 0.2) is 55.0 Å². The highest BCUT2D eigenvalue weighted by atomic mass is 16.3. The molecule has 1 atom stereocenters. The third-order valence-electron chi connectivity index (χ3n) is 4.73. The largest absolute Gasteiger partial charge is 0.386 e. The fourth-order valence-electron chi connectivity index (χ4n) is 3.29. The van der Waals surface area contributed by atoms with Crippen molar-refractivity contribution in [3.63, 3.8) is 0 Å². The van der Waals surface area contributed by atoms with Crippen molar-refractivity contribution in [3.05, 3.63) is 77.6 Å². The number of amides is 1. The lowest BCUT2D eigenvalue weighted by Gasteiger charge is -2.27. The summed E-state index contributed by atoms with van der Waals surface area (Å²) in [5.41, 5.74) is 3.32. The summed E-state index contributed by atoms with van der Waals surface area (Å²) < 4.78 is 1.88. The molecule has 0 aliphatic carbocycles. The van der Waals surface area contributed by atoms with E-state index in [0.717, 1.165) is 11.3 Å². The second-order valence-corrected chi connectivity index (χ2v) is 6.68. The van der Waals surface area contributed by atoms with Gasteiger partial charge in [-0.1, -0.05) is 30.3 Å². The smallest absolute Gasteiger partial charge is 0.229 e. The van der Waals surface area contributed by atoms with Gasteiger partial charge in [0.25, 0.3) is 0 Å². The summed E-state index contributed by atoms with van der Waals surface area (Å²) in [6, 6.07) is 11.8. The molecule has 1 aromatic carbocycles. The second kappa shape index (κ2) is 7.67. The summed E-state index contributed by atoms with van der Waals surface area (Å²) in [5, 5.41) is 15.1. The Morgan fingerprint density at radius 3 is 2.81 bits per heavy atom. The molecule has 0 saturated heterocycles. The number of aromatic nitrogens is 4. The maximum atomic E-state index is 12.5. The number of aliphatic hydroxyl groups is 1. The number of hydrogen-bond acceptors (Lipinski definition) is 5. The third-order valence-corrected chi connectivity index (χ3v) is 4.73. The van der Waals surface area contributed by atoms with Crippen LogP contribution in [-0.2, 0) is 30.7 Å². The monoisotopic (exact) mass is 363 g/mol. The summed E-state index contributed by atoms with van der Waals surface area (Å²) in [7, 11) is 0. The Morgan fingerprint density at radius 2 is 2.04 bits per heavy atom. The molecule has 4 rings (SSSR count). The predicted octanol–water partition coefficient (Wildman–Crippen LogP) is 1.53. The number of aliphatic hydroxyl groups excluding tert-OH is 1. The second-order valence-electron chi connectivity index (χ2n) is 6.68. The van der Waals surface area contributed by atoms with Gasteiger partial charge < -0.3 is 10.0 Å². The van der Waals surface area contributed by atoms with Crippen LogP contribution in [0.5, 0.6) is 0 Å². The van der Waals surface area contributed by atoms with Crippen LogP contribution in [0.25, 0.3) is 0 Å². The summed E-state index contributed by atoms with van der Waals surface area (Å²) in [5.74, 6) is 0.0225. The predicted molar refractivity (Wildman–Crippen MR) is 98.5 cm³/mol. The van der Waals surface area contributed by atoms with Crippen molar-refractivity contribution >= 4 is 5.91 Å². The van der Waals surface area contributed by atoms with Crippen LogP contribution >= 0.6 is 0 Å². The number of carbonyl (C=O) groups excluding carboxylic acids is 1. The molecule has 0 bridgehead atoms. The Kier molecular flexibility index (Phi) is 4.93. The molecule has 7 nitrogen and oxygen atoms in total. The van der Waals surface area contributed by atoms with Crippen LogP contribution < -0.4 is 0 Å². The van der Waals surface area contributed by atoms with Crippen molar-refractivity contribution in [3.8, 4) is 0 Å². The minimum atomic E-state index is -0.658. The number of hydrogen-bond donors (Lipinski definition) is 1. The van der Waals surface area contributed by atoms with Crippen LogP contribution in [0.2, 0.25) is 0 Å². The minimum absolute atomic E-state index is 0.0225. The molecular weight excluding hydrogens is 342 g/mol. The lowest BCUT2D eigenvalue weighted by molar-refractivity contribution is -0.132.